The molecule has 4 rings (SSSR count). The van der Waals surface area contributed by atoms with Gasteiger partial charge >= 0.3 is 0 Å². The lowest BCUT2D eigenvalue weighted by Crippen LogP contribution is -2.50. The molecule has 1 amide bonds. The van der Waals surface area contributed by atoms with Crippen LogP contribution in [0.2, 0.25) is 0 Å². The number of halogens is 1. The number of benzene rings is 1. The molecule has 0 atom stereocenters. The Bertz CT molecular complexity index is 1160. The molecule has 1 saturated heterocycles. The molecule has 9 heteroatoms. The van der Waals surface area contributed by atoms with Crippen LogP contribution in [-0.2, 0) is 10.0 Å². The number of nitrogens with zero attached hydrogens (tertiary/aromatic N) is 3. The van der Waals surface area contributed by atoms with Crippen LogP contribution in [0.4, 0.5) is 4.39 Å². The highest BCUT2D eigenvalue weighted by Crippen LogP contribution is 2.28. The van der Waals surface area contributed by atoms with Gasteiger partial charge in [-0.2, -0.15) is 4.31 Å². The number of thiophene rings is 1. The molecule has 0 unspecified atom stereocenters. The Morgan fingerprint density at radius 1 is 0.933 bits per heavy atom. The molecule has 3 heterocycles. The number of sulfonamides is 1. The summed E-state index contributed by atoms with van der Waals surface area (Å²) in [5.74, 6) is -0.582. The summed E-state index contributed by atoms with van der Waals surface area (Å²) in [6.45, 7) is 5.01. The first kappa shape index (κ1) is 20.8. The minimum Gasteiger partial charge on any atom is -0.336 e. The van der Waals surface area contributed by atoms with Gasteiger partial charge < -0.3 is 9.47 Å². The molecular weight excluding hydrogens is 425 g/mol. The van der Waals surface area contributed by atoms with Crippen molar-refractivity contribution < 1.29 is 17.6 Å². The molecule has 1 fully saturated rings. The molecule has 2 aromatic heterocycles. The number of aromatic nitrogens is 1. The van der Waals surface area contributed by atoms with Crippen LogP contribution in [0.25, 0.3) is 5.00 Å². The summed E-state index contributed by atoms with van der Waals surface area (Å²) >= 11 is 1.51. The van der Waals surface area contributed by atoms with Crippen LogP contribution in [-0.4, -0.2) is 54.3 Å². The topological polar surface area (TPSA) is 62.6 Å². The van der Waals surface area contributed by atoms with E-state index in [9.17, 15) is 17.6 Å². The average Bonchev–Trinajstić information content (AvgIpc) is 3.33. The Balaban J connectivity index is 1.50. The first-order chi connectivity index (χ1) is 14.3. The summed E-state index contributed by atoms with van der Waals surface area (Å²) in [5, 5.41) is 2.78. The molecule has 30 heavy (non-hydrogen) atoms. The van der Waals surface area contributed by atoms with E-state index >= 15 is 0 Å². The second-order valence-electron chi connectivity index (χ2n) is 7.24. The number of hydrogen-bond acceptors (Lipinski definition) is 4. The minimum absolute atomic E-state index is 0.0577. The van der Waals surface area contributed by atoms with E-state index in [1.54, 1.807) is 4.90 Å². The molecule has 3 aromatic rings. The molecule has 0 spiro atoms. The molecule has 158 valence electrons. The van der Waals surface area contributed by atoms with E-state index in [4.69, 9.17) is 0 Å². The fourth-order valence-corrected chi connectivity index (χ4v) is 6.11. The molecule has 1 aliphatic heterocycles. The fraction of sp³-hybridized carbons (Fsp3) is 0.286. The fourth-order valence-electron chi connectivity index (χ4n) is 3.68. The number of piperazine rings is 1. The summed E-state index contributed by atoms with van der Waals surface area (Å²) in [4.78, 5) is 14.9. The number of amides is 1. The van der Waals surface area contributed by atoms with Crippen LogP contribution in [0.5, 0.6) is 0 Å². The van der Waals surface area contributed by atoms with E-state index in [1.807, 2.05) is 37.4 Å². The Hall–Kier alpha value is -2.49. The number of aryl methyl sites for hydroxylation is 2. The highest BCUT2D eigenvalue weighted by molar-refractivity contribution is 7.89. The van der Waals surface area contributed by atoms with E-state index in [0.717, 1.165) is 28.5 Å². The van der Waals surface area contributed by atoms with Gasteiger partial charge in [-0.3, -0.25) is 4.79 Å². The van der Waals surface area contributed by atoms with Gasteiger partial charge in [0, 0.05) is 37.6 Å². The number of carbonyl (C=O) groups excluding carboxylic acids is 1. The van der Waals surface area contributed by atoms with Crippen molar-refractivity contribution >= 4 is 27.3 Å². The van der Waals surface area contributed by atoms with Crippen LogP contribution in [0.1, 0.15) is 21.7 Å². The van der Waals surface area contributed by atoms with Gasteiger partial charge in [0.15, 0.2) is 0 Å². The predicted molar refractivity (Wildman–Crippen MR) is 114 cm³/mol. The summed E-state index contributed by atoms with van der Waals surface area (Å²) in [7, 11) is -3.71. The van der Waals surface area contributed by atoms with E-state index in [0.29, 0.717) is 18.7 Å². The maximum absolute atomic E-state index is 13.2. The van der Waals surface area contributed by atoms with Crippen LogP contribution in [0.3, 0.4) is 0 Å². The third kappa shape index (κ3) is 3.68. The highest BCUT2D eigenvalue weighted by atomic mass is 32.2. The van der Waals surface area contributed by atoms with Crippen LogP contribution >= 0.6 is 11.3 Å². The standard InChI is InChI=1S/C21H22FN3O3S2/c1-15-3-4-16(2)25(15)21-19(9-14-29-21)20(26)23-10-12-24(13-11-23)30(27,28)18-7-5-17(22)6-8-18/h3-9,14H,10-13H2,1-2H3. The minimum atomic E-state index is -3.71. The van der Waals surface area contributed by atoms with E-state index in [1.165, 1.54) is 27.8 Å². The Labute approximate surface area is 179 Å². The van der Waals surface area contributed by atoms with Gasteiger partial charge in [0.25, 0.3) is 5.91 Å². The zero-order chi connectivity index (χ0) is 21.5. The maximum atomic E-state index is 13.2. The summed E-state index contributed by atoms with van der Waals surface area (Å²) < 4.78 is 42.1. The van der Waals surface area contributed by atoms with Crippen molar-refractivity contribution in [2.45, 2.75) is 18.7 Å². The van der Waals surface area contributed by atoms with Crippen molar-refractivity contribution in [1.29, 1.82) is 0 Å². The lowest BCUT2D eigenvalue weighted by atomic mass is 10.2. The van der Waals surface area contributed by atoms with Crippen molar-refractivity contribution in [3.8, 4) is 5.00 Å². The van der Waals surface area contributed by atoms with Crippen LogP contribution < -0.4 is 0 Å². The highest BCUT2D eigenvalue weighted by Gasteiger charge is 2.31. The first-order valence-electron chi connectivity index (χ1n) is 9.57. The average molecular weight is 448 g/mol. The van der Waals surface area contributed by atoms with Crippen molar-refractivity contribution in [3.05, 3.63) is 70.6 Å². The van der Waals surface area contributed by atoms with Crippen molar-refractivity contribution in [3.63, 3.8) is 0 Å². The van der Waals surface area contributed by atoms with Gasteiger partial charge in [0.05, 0.1) is 10.5 Å². The van der Waals surface area contributed by atoms with Gasteiger partial charge in [-0.25, -0.2) is 12.8 Å². The zero-order valence-electron chi connectivity index (χ0n) is 16.7. The third-order valence-electron chi connectivity index (χ3n) is 5.33. The van der Waals surface area contributed by atoms with E-state index in [-0.39, 0.29) is 23.9 Å². The van der Waals surface area contributed by atoms with Gasteiger partial charge in [-0.15, -0.1) is 11.3 Å². The second-order valence-corrected chi connectivity index (χ2v) is 10.1. The maximum Gasteiger partial charge on any atom is 0.256 e. The largest absolute Gasteiger partial charge is 0.336 e. The number of hydrogen-bond donors (Lipinski definition) is 0. The molecule has 1 aliphatic rings. The summed E-state index contributed by atoms with van der Waals surface area (Å²) in [5.41, 5.74) is 2.73. The monoisotopic (exact) mass is 447 g/mol. The quantitative estimate of drug-likeness (QED) is 0.616. The lowest BCUT2D eigenvalue weighted by molar-refractivity contribution is 0.0698. The van der Waals surface area contributed by atoms with Gasteiger partial charge in [-0.1, -0.05) is 0 Å². The van der Waals surface area contributed by atoms with Crippen LogP contribution in [0.15, 0.2) is 52.7 Å². The molecule has 0 bridgehead atoms. The van der Waals surface area contributed by atoms with Gasteiger partial charge in [0.1, 0.15) is 10.8 Å². The van der Waals surface area contributed by atoms with Gasteiger partial charge in [0.2, 0.25) is 10.0 Å². The Kier molecular flexibility index (Phi) is 5.52. The Morgan fingerprint density at radius 2 is 1.53 bits per heavy atom. The molecule has 0 saturated carbocycles. The summed E-state index contributed by atoms with van der Waals surface area (Å²) in [6, 6.07) is 10.7. The molecule has 1 aromatic carbocycles. The molecular formula is C21H22FN3O3S2. The van der Waals surface area contributed by atoms with E-state index < -0.39 is 15.8 Å². The lowest BCUT2D eigenvalue weighted by Gasteiger charge is -2.34. The Morgan fingerprint density at radius 3 is 2.13 bits per heavy atom. The first-order valence-corrected chi connectivity index (χ1v) is 11.9. The third-order valence-corrected chi connectivity index (χ3v) is 8.14. The van der Waals surface area contributed by atoms with E-state index in [2.05, 4.69) is 4.57 Å². The normalized spacial score (nSPS) is 15.5. The molecule has 0 N–H and O–H groups in total. The van der Waals surface area contributed by atoms with Gasteiger partial charge in [-0.05, 0) is 61.7 Å². The molecule has 0 aliphatic carbocycles. The molecule has 0 radical (unpaired) electrons. The van der Waals surface area contributed by atoms with Crippen molar-refractivity contribution in [2.24, 2.45) is 0 Å². The predicted octanol–water partition coefficient (Wildman–Crippen LogP) is 3.44. The number of carbonyl (C=O) groups is 1. The van der Waals surface area contributed by atoms with Crippen molar-refractivity contribution in [2.75, 3.05) is 26.2 Å². The SMILES string of the molecule is Cc1ccc(C)n1-c1sccc1C(=O)N1CCN(S(=O)(=O)c2ccc(F)cc2)CC1. The number of rotatable bonds is 4. The smallest absolute Gasteiger partial charge is 0.256 e. The van der Waals surface area contributed by atoms with Crippen molar-refractivity contribution in [1.82, 2.24) is 13.8 Å². The van der Waals surface area contributed by atoms with Crippen LogP contribution in [0, 0.1) is 19.7 Å². The second kappa shape index (κ2) is 7.98. The molecule has 6 nitrogen and oxygen atoms in total. The summed E-state index contributed by atoms with van der Waals surface area (Å²) in [6.07, 6.45) is 0. The zero-order valence-corrected chi connectivity index (χ0v) is 18.3.